The van der Waals surface area contributed by atoms with Crippen molar-refractivity contribution in [1.29, 1.82) is 0 Å². The molecule has 1 aromatic heterocycles. The van der Waals surface area contributed by atoms with Crippen molar-refractivity contribution in [3.63, 3.8) is 0 Å². The SMILES string of the molecule is O=C(N[C@@H]1CN2CCCC[C@@]2(C(=O)NCC2CCOCC2)C1)c1cnccn1. The Morgan fingerprint density at radius 3 is 2.89 bits per heavy atom. The third-order valence-electron chi connectivity index (χ3n) is 6.34. The van der Waals surface area contributed by atoms with Crippen molar-refractivity contribution >= 4 is 11.8 Å². The zero-order valence-corrected chi connectivity index (χ0v) is 16.2. The van der Waals surface area contributed by atoms with Crippen molar-refractivity contribution in [2.45, 2.75) is 50.1 Å². The van der Waals surface area contributed by atoms with Crippen LogP contribution in [0, 0.1) is 5.92 Å². The van der Waals surface area contributed by atoms with E-state index in [2.05, 4.69) is 25.5 Å². The van der Waals surface area contributed by atoms with E-state index >= 15 is 0 Å². The van der Waals surface area contributed by atoms with Crippen molar-refractivity contribution in [2.24, 2.45) is 5.92 Å². The maximum Gasteiger partial charge on any atom is 0.271 e. The molecule has 0 unspecified atom stereocenters. The van der Waals surface area contributed by atoms with Gasteiger partial charge in [-0.1, -0.05) is 0 Å². The number of ether oxygens (including phenoxy) is 1. The van der Waals surface area contributed by atoms with Crippen molar-refractivity contribution in [3.05, 3.63) is 24.3 Å². The van der Waals surface area contributed by atoms with Gasteiger partial charge < -0.3 is 15.4 Å². The lowest BCUT2D eigenvalue weighted by Crippen LogP contribution is -2.58. The van der Waals surface area contributed by atoms with Gasteiger partial charge in [-0.3, -0.25) is 19.5 Å². The van der Waals surface area contributed by atoms with Crippen LogP contribution in [0.4, 0.5) is 0 Å². The van der Waals surface area contributed by atoms with Gasteiger partial charge in [0.2, 0.25) is 5.91 Å². The lowest BCUT2D eigenvalue weighted by molar-refractivity contribution is -0.134. The number of rotatable bonds is 5. The Balaban J connectivity index is 1.39. The smallest absolute Gasteiger partial charge is 0.271 e. The molecule has 2 atom stereocenters. The third-order valence-corrected chi connectivity index (χ3v) is 6.34. The van der Waals surface area contributed by atoms with E-state index in [1.807, 2.05) is 0 Å². The van der Waals surface area contributed by atoms with Gasteiger partial charge in [0.25, 0.3) is 5.91 Å². The Morgan fingerprint density at radius 1 is 1.25 bits per heavy atom. The first-order valence-corrected chi connectivity index (χ1v) is 10.4. The summed E-state index contributed by atoms with van der Waals surface area (Å²) in [5, 5.41) is 6.28. The van der Waals surface area contributed by atoms with E-state index in [-0.39, 0.29) is 17.9 Å². The Hall–Kier alpha value is -2.06. The van der Waals surface area contributed by atoms with E-state index < -0.39 is 5.54 Å². The topological polar surface area (TPSA) is 96.5 Å². The Kier molecular flexibility index (Phi) is 5.87. The van der Waals surface area contributed by atoms with Gasteiger partial charge >= 0.3 is 0 Å². The minimum Gasteiger partial charge on any atom is -0.381 e. The summed E-state index contributed by atoms with van der Waals surface area (Å²) in [5.74, 6) is 0.394. The second-order valence-corrected chi connectivity index (χ2v) is 8.17. The number of carbonyl (C=O) groups excluding carboxylic acids is 2. The lowest BCUT2D eigenvalue weighted by Gasteiger charge is -2.41. The first-order chi connectivity index (χ1) is 13.7. The molecule has 3 aliphatic heterocycles. The number of piperidine rings is 1. The molecule has 2 N–H and O–H groups in total. The highest BCUT2D eigenvalue weighted by molar-refractivity contribution is 5.92. The summed E-state index contributed by atoms with van der Waals surface area (Å²) >= 11 is 0. The zero-order valence-electron chi connectivity index (χ0n) is 16.2. The van der Waals surface area contributed by atoms with E-state index in [0.717, 1.165) is 51.9 Å². The fourth-order valence-corrected chi connectivity index (χ4v) is 4.80. The van der Waals surface area contributed by atoms with E-state index in [1.165, 1.54) is 12.4 Å². The number of nitrogens with zero attached hydrogens (tertiary/aromatic N) is 3. The maximum atomic E-state index is 13.2. The van der Waals surface area contributed by atoms with Crippen molar-refractivity contribution in [3.8, 4) is 0 Å². The molecule has 0 aliphatic carbocycles. The molecular formula is C20H29N5O3. The summed E-state index contributed by atoms with van der Waals surface area (Å²) in [6, 6.07) is -0.0542. The number of hydrogen-bond donors (Lipinski definition) is 2. The van der Waals surface area contributed by atoms with Gasteiger partial charge in [-0.25, -0.2) is 4.98 Å². The summed E-state index contributed by atoms with van der Waals surface area (Å²) in [6.07, 6.45) is 10.2. The summed E-state index contributed by atoms with van der Waals surface area (Å²) in [4.78, 5) is 36.0. The molecule has 2 amide bonds. The fourth-order valence-electron chi connectivity index (χ4n) is 4.80. The molecule has 152 valence electrons. The third kappa shape index (κ3) is 4.03. The zero-order chi connectivity index (χ0) is 19.4. The number of hydrogen-bond acceptors (Lipinski definition) is 6. The number of aromatic nitrogens is 2. The van der Waals surface area contributed by atoms with Gasteiger partial charge in [-0.2, -0.15) is 0 Å². The Morgan fingerprint density at radius 2 is 2.11 bits per heavy atom. The van der Waals surface area contributed by atoms with Crippen molar-refractivity contribution < 1.29 is 14.3 Å². The van der Waals surface area contributed by atoms with Gasteiger partial charge in [-0.05, 0) is 51.0 Å². The minimum atomic E-state index is -0.496. The predicted octanol–water partition coefficient (Wildman–Crippen LogP) is 0.746. The van der Waals surface area contributed by atoms with Gasteiger partial charge in [-0.15, -0.1) is 0 Å². The minimum absolute atomic E-state index is 0.0542. The molecule has 4 rings (SSSR count). The normalized spacial score (nSPS) is 28.5. The van der Waals surface area contributed by atoms with E-state index in [4.69, 9.17) is 4.74 Å². The molecule has 0 saturated carbocycles. The number of carbonyl (C=O) groups is 2. The van der Waals surface area contributed by atoms with Crippen LogP contribution < -0.4 is 10.6 Å². The summed E-state index contributed by atoms with van der Waals surface area (Å²) in [7, 11) is 0. The van der Waals surface area contributed by atoms with Crippen LogP contribution in [0.5, 0.6) is 0 Å². The van der Waals surface area contributed by atoms with Crippen LogP contribution in [-0.4, -0.2) is 71.1 Å². The highest BCUT2D eigenvalue weighted by Gasteiger charge is 2.52. The molecule has 8 heteroatoms. The Labute approximate surface area is 165 Å². The fraction of sp³-hybridized carbons (Fsp3) is 0.700. The molecule has 0 bridgehead atoms. The lowest BCUT2D eigenvalue weighted by atomic mass is 9.84. The van der Waals surface area contributed by atoms with Gasteiger partial charge in [0.15, 0.2) is 0 Å². The van der Waals surface area contributed by atoms with Crippen LogP contribution in [0.2, 0.25) is 0 Å². The first-order valence-electron chi connectivity index (χ1n) is 10.4. The van der Waals surface area contributed by atoms with E-state index in [0.29, 0.717) is 31.1 Å². The average Bonchev–Trinajstić information content (AvgIpc) is 3.12. The second-order valence-electron chi connectivity index (χ2n) is 8.17. The quantitative estimate of drug-likeness (QED) is 0.774. The highest BCUT2D eigenvalue weighted by Crippen LogP contribution is 2.38. The maximum absolute atomic E-state index is 13.2. The number of amides is 2. The molecule has 28 heavy (non-hydrogen) atoms. The van der Waals surface area contributed by atoms with Crippen LogP contribution >= 0.6 is 0 Å². The first kappa shape index (κ1) is 19.3. The molecule has 4 heterocycles. The standard InChI is InChI=1S/C20H29N5O3/c26-18(17-13-21-6-7-22-17)24-16-11-20(5-1-2-8-25(20)14-16)19(27)23-12-15-3-9-28-10-4-15/h6-7,13,15-16H,1-5,8-12,14H2,(H,23,27)(H,24,26)/t16-,20-/m0/s1. The molecule has 0 radical (unpaired) electrons. The van der Waals surface area contributed by atoms with Crippen LogP contribution in [0.3, 0.4) is 0 Å². The summed E-state index contributed by atoms with van der Waals surface area (Å²) in [5.41, 5.74) is -0.186. The molecule has 3 fully saturated rings. The largest absolute Gasteiger partial charge is 0.381 e. The van der Waals surface area contributed by atoms with Crippen LogP contribution in [0.25, 0.3) is 0 Å². The number of nitrogens with one attached hydrogen (secondary N) is 2. The molecule has 8 nitrogen and oxygen atoms in total. The molecule has 0 spiro atoms. The van der Waals surface area contributed by atoms with Gasteiger partial charge in [0.1, 0.15) is 11.2 Å². The second kappa shape index (κ2) is 8.53. The van der Waals surface area contributed by atoms with Gasteiger partial charge in [0.05, 0.1) is 6.20 Å². The number of fused-ring (bicyclic) bond motifs is 1. The average molecular weight is 387 g/mol. The van der Waals surface area contributed by atoms with Crippen molar-refractivity contribution in [2.75, 3.05) is 32.8 Å². The van der Waals surface area contributed by atoms with E-state index in [9.17, 15) is 9.59 Å². The molecule has 3 saturated heterocycles. The summed E-state index contributed by atoms with van der Waals surface area (Å²) in [6.45, 7) is 3.90. The molecule has 3 aliphatic rings. The monoisotopic (exact) mass is 387 g/mol. The molecule has 0 aromatic carbocycles. The predicted molar refractivity (Wildman–Crippen MR) is 103 cm³/mol. The van der Waals surface area contributed by atoms with E-state index in [1.54, 1.807) is 6.20 Å². The van der Waals surface area contributed by atoms with Crippen LogP contribution in [-0.2, 0) is 9.53 Å². The van der Waals surface area contributed by atoms with Crippen LogP contribution in [0.15, 0.2) is 18.6 Å². The molecule has 1 aromatic rings. The van der Waals surface area contributed by atoms with Crippen molar-refractivity contribution in [1.82, 2.24) is 25.5 Å². The summed E-state index contributed by atoms with van der Waals surface area (Å²) < 4.78 is 5.41. The highest BCUT2D eigenvalue weighted by atomic mass is 16.5. The van der Waals surface area contributed by atoms with Gasteiger partial charge in [0, 0.05) is 44.7 Å². The Bertz CT molecular complexity index is 694. The molecular weight excluding hydrogens is 358 g/mol. The van der Waals surface area contributed by atoms with Crippen LogP contribution in [0.1, 0.15) is 49.0 Å².